The van der Waals surface area contributed by atoms with Crippen LogP contribution in [0, 0.1) is 10.8 Å². The molecule has 0 spiro atoms. The predicted octanol–water partition coefficient (Wildman–Crippen LogP) is 1.73. The summed E-state index contributed by atoms with van der Waals surface area (Å²) in [7, 11) is 0. The number of hydrogen-bond acceptors (Lipinski definition) is 2. The highest BCUT2D eigenvalue weighted by Gasteiger charge is 2.50. The van der Waals surface area contributed by atoms with Crippen molar-refractivity contribution < 1.29 is 14.7 Å². The standard InChI is InChI=1S/C13H22N2O3/c1-12(4-2-3-5-12)8-14-11(18)15-9-13(6-7-13)10(16)17/h2-9H2,1H3,(H,16,17)(H2,14,15,18). The Kier molecular flexibility index (Phi) is 3.50. The topological polar surface area (TPSA) is 78.4 Å². The molecule has 2 fully saturated rings. The van der Waals surface area contributed by atoms with Crippen LogP contribution in [0.15, 0.2) is 0 Å². The van der Waals surface area contributed by atoms with Gasteiger partial charge >= 0.3 is 12.0 Å². The molecule has 0 radical (unpaired) electrons. The molecule has 0 atom stereocenters. The Labute approximate surface area is 107 Å². The molecular formula is C13H22N2O3. The van der Waals surface area contributed by atoms with Crippen molar-refractivity contribution in [1.82, 2.24) is 10.6 Å². The maximum atomic E-state index is 11.6. The Morgan fingerprint density at radius 2 is 1.61 bits per heavy atom. The molecule has 2 saturated carbocycles. The normalized spacial score (nSPS) is 23.4. The smallest absolute Gasteiger partial charge is 0.314 e. The van der Waals surface area contributed by atoms with Gasteiger partial charge in [0.25, 0.3) is 0 Å². The highest BCUT2D eigenvalue weighted by atomic mass is 16.4. The lowest BCUT2D eigenvalue weighted by molar-refractivity contribution is -0.143. The molecule has 2 aliphatic rings. The molecule has 2 amide bonds. The molecule has 0 bridgehead atoms. The average molecular weight is 254 g/mol. The van der Waals surface area contributed by atoms with Crippen molar-refractivity contribution in [1.29, 1.82) is 0 Å². The van der Waals surface area contributed by atoms with E-state index in [0.29, 0.717) is 19.4 Å². The summed E-state index contributed by atoms with van der Waals surface area (Å²) in [5, 5.41) is 14.5. The first-order valence-electron chi connectivity index (χ1n) is 6.71. The van der Waals surface area contributed by atoms with Crippen LogP contribution in [0.4, 0.5) is 4.79 Å². The Morgan fingerprint density at radius 1 is 1.06 bits per heavy atom. The third-order valence-corrected chi connectivity index (χ3v) is 4.38. The molecule has 0 aliphatic heterocycles. The van der Waals surface area contributed by atoms with Gasteiger partial charge < -0.3 is 15.7 Å². The van der Waals surface area contributed by atoms with Crippen molar-refractivity contribution in [2.75, 3.05) is 13.1 Å². The van der Waals surface area contributed by atoms with Crippen LogP contribution in [0.1, 0.15) is 45.4 Å². The van der Waals surface area contributed by atoms with E-state index in [0.717, 1.165) is 12.8 Å². The number of amides is 2. The van der Waals surface area contributed by atoms with Gasteiger partial charge in [0.1, 0.15) is 0 Å². The van der Waals surface area contributed by atoms with Gasteiger partial charge in [-0.1, -0.05) is 19.8 Å². The SMILES string of the molecule is CC1(CNC(=O)NCC2(C(=O)O)CC2)CCCC1. The maximum Gasteiger partial charge on any atom is 0.314 e. The summed E-state index contributed by atoms with van der Waals surface area (Å²) in [6.07, 6.45) is 6.13. The van der Waals surface area contributed by atoms with Gasteiger partial charge in [-0.05, 0) is 31.1 Å². The highest BCUT2D eigenvalue weighted by molar-refractivity contribution is 5.80. The lowest BCUT2D eigenvalue weighted by Gasteiger charge is -2.24. The van der Waals surface area contributed by atoms with Crippen molar-refractivity contribution in [2.24, 2.45) is 10.8 Å². The number of nitrogens with one attached hydrogen (secondary N) is 2. The average Bonchev–Trinajstić information content (AvgIpc) is 3.01. The summed E-state index contributed by atoms with van der Waals surface area (Å²) in [6, 6.07) is -0.240. The number of carboxylic acids is 1. The molecular weight excluding hydrogens is 232 g/mol. The van der Waals surface area contributed by atoms with Crippen LogP contribution in [0.2, 0.25) is 0 Å². The van der Waals surface area contributed by atoms with E-state index in [1.165, 1.54) is 12.8 Å². The molecule has 2 rings (SSSR count). The highest BCUT2D eigenvalue weighted by Crippen LogP contribution is 2.45. The predicted molar refractivity (Wildman–Crippen MR) is 67.3 cm³/mol. The minimum Gasteiger partial charge on any atom is -0.481 e. The van der Waals surface area contributed by atoms with Gasteiger partial charge in [-0.15, -0.1) is 0 Å². The van der Waals surface area contributed by atoms with Gasteiger partial charge in [0, 0.05) is 13.1 Å². The van der Waals surface area contributed by atoms with Gasteiger partial charge in [0.05, 0.1) is 5.41 Å². The molecule has 0 aromatic heterocycles. The molecule has 0 saturated heterocycles. The lowest BCUT2D eigenvalue weighted by Crippen LogP contribution is -2.43. The third kappa shape index (κ3) is 2.94. The fraction of sp³-hybridized carbons (Fsp3) is 0.846. The maximum absolute atomic E-state index is 11.6. The van der Waals surface area contributed by atoms with E-state index in [4.69, 9.17) is 5.11 Å². The van der Waals surface area contributed by atoms with E-state index in [1.807, 2.05) is 0 Å². The molecule has 0 aromatic rings. The second-order valence-electron chi connectivity index (χ2n) is 6.14. The minimum absolute atomic E-state index is 0.224. The number of rotatable bonds is 5. The second-order valence-corrected chi connectivity index (χ2v) is 6.14. The quantitative estimate of drug-likeness (QED) is 0.699. The Balaban J connectivity index is 1.68. The van der Waals surface area contributed by atoms with Crippen LogP contribution in [-0.2, 0) is 4.79 Å². The van der Waals surface area contributed by atoms with Crippen LogP contribution in [-0.4, -0.2) is 30.2 Å². The van der Waals surface area contributed by atoms with E-state index in [9.17, 15) is 9.59 Å². The van der Waals surface area contributed by atoms with Crippen LogP contribution in [0.5, 0.6) is 0 Å². The summed E-state index contributed by atoms with van der Waals surface area (Å²) in [5.41, 5.74) is -0.462. The zero-order valence-corrected chi connectivity index (χ0v) is 10.9. The molecule has 2 aliphatic carbocycles. The first-order valence-corrected chi connectivity index (χ1v) is 6.71. The summed E-state index contributed by atoms with van der Waals surface area (Å²) in [4.78, 5) is 22.6. The molecule has 3 N–H and O–H groups in total. The minimum atomic E-state index is -0.800. The Bertz CT molecular complexity index is 344. The second kappa shape index (κ2) is 4.78. The summed E-state index contributed by atoms with van der Waals surface area (Å²) in [5.74, 6) is -0.800. The first kappa shape index (κ1) is 13.2. The monoisotopic (exact) mass is 254 g/mol. The van der Waals surface area contributed by atoms with E-state index >= 15 is 0 Å². The number of aliphatic carboxylic acids is 1. The van der Waals surface area contributed by atoms with Crippen molar-refractivity contribution in [3.05, 3.63) is 0 Å². The lowest BCUT2D eigenvalue weighted by atomic mass is 9.89. The van der Waals surface area contributed by atoms with E-state index in [-0.39, 0.29) is 18.0 Å². The van der Waals surface area contributed by atoms with Crippen LogP contribution in [0.3, 0.4) is 0 Å². The molecule has 5 nitrogen and oxygen atoms in total. The molecule has 18 heavy (non-hydrogen) atoms. The van der Waals surface area contributed by atoms with Crippen molar-refractivity contribution in [3.8, 4) is 0 Å². The Hall–Kier alpha value is -1.26. The number of urea groups is 1. The molecule has 0 unspecified atom stereocenters. The number of carboxylic acid groups (broad SMARTS) is 1. The molecule has 102 valence electrons. The fourth-order valence-corrected chi connectivity index (χ4v) is 2.63. The fourth-order valence-electron chi connectivity index (χ4n) is 2.63. The zero-order chi connectivity index (χ0) is 13.2. The van der Waals surface area contributed by atoms with Gasteiger partial charge in [-0.2, -0.15) is 0 Å². The number of carbonyl (C=O) groups excluding carboxylic acids is 1. The third-order valence-electron chi connectivity index (χ3n) is 4.38. The number of hydrogen-bond donors (Lipinski definition) is 3. The zero-order valence-electron chi connectivity index (χ0n) is 10.9. The van der Waals surface area contributed by atoms with Crippen molar-refractivity contribution >= 4 is 12.0 Å². The van der Waals surface area contributed by atoms with Gasteiger partial charge in [-0.25, -0.2) is 4.79 Å². The first-order chi connectivity index (χ1) is 8.46. The molecule has 0 heterocycles. The summed E-state index contributed by atoms with van der Waals surface area (Å²) < 4.78 is 0. The summed E-state index contributed by atoms with van der Waals surface area (Å²) >= 11 is 0. The van der Waals surface area contributed by atoms with E-state index < -0.39 is 11.4 Å². The van der Waals surface area contributed by atoms with Crippen molar-refractivity contribution in [2.45, 2.75) is 45.4 Å². The van der Waals surface area contributed by atoms with E-state index in [1.54, 1.807) is 0 Å². The number of carbonyl (C=O) groups is 2. The summed E-state index contributed by atoms with van der Waals surface area (Å²) in [6.45, 7) is 3.11. The molecule has 5 heteroatoms. The molecule has 0 aromatic carbocycles. The van der Waals surface area contributed by atoms with Gasteiger partial charge in [0.15, 0.2) is 0 Å². The van der Waals surface area contributed by atoms with Gasteiger partial charge in [-0.3, -0.25) is 4.79 Å². The van der Waals surface area contributed by atoms with Crippen LogP contribution in [0.25, 0.3) is 0 Å². The largest absolute Gasteiger partial charge is 0.481 e. The van der Waals surface area contributed by atoms with Gasteiger partial charge in [0.2, 0.25) is 0 Å². The van der Waals surface area contributed by atoms with Crippen LogP contribution < -0.4 is 10.6 Å². The van der Waals surface area contributed by atoms with E-state index in [2.05, 4.69) is 17.6 Å². The Morgan fingerprint density at radius 3 is 2.11 bits per heavy atom. The van der Waals surface area contributed by atoms with Crippen LogP contribution >= 0.6 is 0 Å². The van der Waals surface area contributed by atoms with Crippen molar-refractivity contribution in [3.63, 3.8) is 0 Å².